The maximum Gasteiger partial charge on any atom is 0.253 e. The van der Waals surface area contributed by atoms with E-state index in [1.54, 1.807) is 0 Å². The third-order valence-electron chi connectivity index (χ3n) is 1.78. The van der Waals surface area contributed by atoms with E-state index in [-0.39, 0.29) is 11.8 Å². The highest BCUT2D eigenvalue weighted by atomic mass is 16.2. The largest absolute Gasteiger partial charge is 0.275 e. The van der Waals surface area contributed by atoms with Crippen LogP contribution in [-0.4, -0.2) is 23.3 Å². The number of rotatable bonds is 4. The quantitative estimate of drug-likeness (QED) is 0.460. The second-order valence-corrected chi connectivity index (χ2v) is 2.72. The standard InChI is InChI=1S/C9H12NO2/c1-2-3-4-7-10-8(11)5-6-9(10)12/h5-6H,1-4,7H2. The van der Waals surface area contributed by atoms with Gasteiger partial charge in [-0.15, -0.1) is 0 Å². The Morgan fingerprint density at radius 1 is 1.17 bits per heavy atom. The first kappa shape index (κ1) is 8.97. The van der Waals surface area contributed by atoms with Gasteiger partial charge in [0.2, 0.25) is 0 Å². The minimum absolute atomic E-state index is 0.191. The van der Waals surface area contributed by atoms with E-state index in [4.69, 9.17) is 0 Å². The van der Waals surface area contributed by atoms with Crippen LogP contribution >= 0.6 is 0 Å². The molecular formula is C9H12NO2. The minimum atomic E-state index is -0.191. The summed E-state index contributed by atoms with van der Waals surface area (Å²) in [5.74, 6) is -0.381. The number of nitrogens with zero attached hydrogens (tertiary/aromatic N) is 1. The summed E-state index contributed by atoms with van der Waals surface area (Å²) < 4.78 is 0. The van der Waals surface area contributed by atoms with Gasteiger partial charge in [0.25, 0.3) is 11.8 Å². The molecule has 1 heterocycles. The molecule has 0 aromatic carbocycles. The van der Waals surface area contributed by atoms with Gasteiger partial charge >= 0.3 is 0 Å². The van der Waals surface area contributed by atoms with Crippen molar-refractivity contribution >= 4 is 11.8 Å². The molecule has 12 heavy (non-hydrogen) atoms. The van der Waals surface area contributed by atoms with Crippen LogP contribution in [0.25, 0.3) is 0 Å². The molecule has 0 N–H and O–H groups in total. The summed E-state index contributed by atoms with van der Waals surface area (Å²) in [6.07, 6.45) is 5.28. The van der Waals surface area contributed by atoms with Crippen molar-refractivity contribution in [3.63, 3.8) is 0 Å². The molecule has 1 radical (unpaired) electrons. The lowest BCUT2D eigenvalue weighted by Gasteiger charge is -2.12. The monoisotopic (exact) mass is 166 g/mol. The van der Waals surface area contributed by atoms with Crippen LogP contribution in [0.1, 0.15) is 19.3 Å². The van der Waals surface area contributed by atoms with Crippen molar-refractivity contribution in [2.24, 2.45) is 0 Å². The number of amides is 2. The van der Waals surface area contributed by atoms with Crippen molar-refractivity contribution in [3.8, 4) is 0 Å². The van der Waals surface area contributed by atoms with Gasteiger partial charge in [-0.3, -0.25) is 14.5 Å². The van der Waals surface area contributed by atoms with Crippen molar-refractivity contribution in [2.45, 2.75) is 19.3 Å². The zero-order valence-electron chi connectivity index (χ0n) is 6.95. The highest BCUT2D eigenvalue weighted by Crippen LogP contribution is 2.05. The molecule has 0 aromatic rings. The van der Waals surface area contributed by atoms with Crippen LogP contribution in [-0.2, 0) is 9.59 Å². The van der Waals surface area contributed by atoms with E-state index in [1.807, 2.05) is 0 Å². The Hall–Kier alpha value is -1.12. The van der Waals surface area contributed by atoms with Gasteiger partial charge in [-0.05, 0) is 6.42 Å². The topological polar surface area (TPSA) is 37.4 Å². The third-order valence-corrected chi connectivity index (χ3v) is 1.78. The Balaban J connectivity index is 2.33. The normalized spacial score (nSPS) is 16.2. The Bertz CT molecular complexity index is 203. The summed E-state index contributed by atoms with van der Waals surface area (Å²) in [4.78, 5) is 23.2. The van der Waals surface area contributed by atoms with Gasteiger partial charge in [0.15, 0.2) is 0 Å². The summed E-state index contributed by atoms with van der Waals surface area (Å²) in [6, 6.07) is 0. The van der Waals surface area contributed by atoms with E-state index < -0.39 is 0 Å². The van der Waals surface area contributed by atoms with Gasteiger partial charge in [0, 0.05) is 18.7 Å². The van der Waals surface area contributed by atoms with Gasteiger partial charge < -0.3 is 0 Å². The number of hydrogen-bond acceptors (Lipinski definition) is 2. The summed E-state index contributed by atoms with van der Waals surface area (Å²) >= 11 is 0. The molecule has 2 amide bonds. The predicted molar refractivity (Wildman–Crippen MR) is 45.1 cm³/mol. The Labute approximate surface area is 72.0 Å². The second kappa shape index (κ2) is 4.04. The van der Waals surface area contributed by atoms with Crippen LogP contribution in [0.3, 0.4) is 0 Å². The molecule has 0 aromatic heterocycles. The van der Waals surface area contributed by atoms with Crippen LogP contribution in [0, 0.1) is 6.92 Å². The number of unbranched alkanes of at least 4 members (excludes halogenated alkanes) is 2. The van der Waals surface area contributed by atoms with E-state index in [2.05, 4.69) is 6.92 Å². The molecule has 0 bridgehead atoms. The van der Waals surface area contributed by atoms with Gasteiger partial charge in [-0.2, -0.15) is 0 Å². The smallest absolute Gasteiger partial charge is 0.253 e. The fraction of sp³-hybridized carbons (Fsp3) is 0.444. The zero-order chi connectivity index (χ0) is 8.97. The van der Waals surface area contributed by atoms with Crippen LogP contribution < -0.4 is 0 Å². The van der Waals surface area contributed by atoms with Gasteiger partial charge in [-0.1, -0.05) is 19.8 Å². The second-order valence-electron chi connectivity index (χ2n) is 2.72. The average Bonchev–Trinajstić information content (AvgIpc) is 2.35. The summed E-state index contributed by atoms with van der Waals surface area (Å²) in [5.41, 5.74) is 0. The van der Waals surface area contributed by atoms with E-state index >= 15 is 0 Å². The number of hydrogen-bond donors (Lipinski definition) is 0. The number of carbonyl (C=O) groups is 2. The molecule has 0 saturated carbocycles. The molecule has 0 spiro atoms. The molecule has 65 valence electrons. The van der Waals surface area contributed by atoms with Crippen LogP contribution in [0.5, 0.6) is 0 Å². The lowest BCUT2D eigenvalue weighted by atomic mass is 10.2. The number of imide groups is 1. The highest BCUT2D eigenvalue weighted by molar-refractivity contribution is 6.12. The van der Waals surface area contributed by atoms with Crippen molar-refractivity contribution in [3.05, 3.63) is 19.1 Å². The van der Waals surface area contributed by atoms with Crippen LogP contribution in [0.2, 0.25) is 0 Å². The third kappa shape index (κ3) is 1.94. The number of carbonyl (C=O) groups excluding carboxylic acids is 2. The molecular weight excluding hydrogens is 154 g/mol. The van der Waals surface area contributed by atoms with Crippen molar-refractivity contribution in [2.75, 3.05) is 6.54 Å². The highest BCUT2D eigenvalue weighted by Gasteiger charge is 2.21. The zero-order valence-corrected chi connectivity index (χ0v) is 6.95. The van der Waals surface area contributed by atoms with Gasteiger partial charge in [0.1, 0.15) is 0 Å². The van der Waals surface area contributed by atoms with E-state index in [0.29, 0.717) is 6.54 Å². The lowest BCUT2D eigenvalue weighted by Crippen LogP contribution is -2.30. The fourth-order valence-corrected chi connectivity index (χ4v) is 1.10. The molecule has 3 heteroatoms. The van der Waals surface area contributed by atoms with Gasteiger partial charge in [-0.25, -0.2) is 0 Å². The summed E-state index contributed by atoms with van der Waals surface area (Å²) in [5, 5.41) is 0. The maximum absolute atomic E-state index is 11.0. The fourth-order valence-electron chi connectivity index (χ4n) is 1.10. The van der Waals surface area contributed by atoms with Crippen molar-refractivity contribution in [1.29, 1.82) is 0 Å². The first-order valence-electron chi connectivity index (χ1n) is 4.08. The lowest BCUT2D eigenvalue weighted by molar-refractivity contribution is -0.136. The maximum atomic E-state index is 11.0. The van der Waals surface area contributed by atoms with E-state index in [9.17, 15) is 9.59 Å². The molecule has 0 saturated heterocycles. The van der Waals surface area contributed by atoms with E-state index in [1.165, 1.54) is 17.1 Å². The molecule has 1 aliphatic heterocycles. The Kier molecular flexibility index (Phi) is 3.02. The molecule has 3 nitrogen and oxygen atoms in total. The summed E-state index contributed by atoms with van der Waals surface area (Å²) in [7, 11) is 0. The SMILES string of the molecule is [CH2]CCCCN1C(=O)C=CC1=O. The first-order valence-corrected chi connectivity index (χ1v) is 4.08. The van der Waals surface area contributed by atoms with Crippen molar-refractivity contribution in [1.82, 2.24) is 4.90 Å². The minimum Gasteiger partial charge on any atom is -0.275 e. The van der Waals surface area contributed by atoms with E-state index in [0.717, 1.165) is 19.3 Å². The molecule has 1 rings (SSSR count). The Morgan fingerprint density at radius 3 is 2.25 bits per heavy atom. The molecule has 0 aliphatic carbocycles. The first-order chi connectivity index (χ1) is 5.75. The Morgan fingerprint density at radius 2 is 1.75 bits per heavy atom. The molecule has 1 aliphatic rings. The van der Waals surface area contributed by atoms with Crippen LogP contribution in [0.15, 0.2) is 12.2 Å². The summed E-state index contributed by atoms with van der Waals surface area (Å²) in [6.45, 7) is 4.21. The van der Waals surface area contributed by atoms with Gasteiger partial charge in [0.05, 0.1) is 0 Å². The molecule has 0 fully saturated rings. The molecule has 0 atom stereocenters. The molecule has 0 unspecified atom stereocenters. The van der Waals surface area contributed by atoms with Crippen LogP contribution in [0.4, 0.5) is 0 Å². The average molecular weight is 166 g/mol. The predicted octanol–water partition coefficient (Wildman–Crippen LogP) is 0.916. The van der Waals surface area contributed by atoms with Crippen molar-refractivity contribution < 1.29 is 9.59 Å².